The third-order valence-corrected chi connectivity index (χ3v) is 3.30. The Hall–Kier alpha value is -1.06. The standard InChI is InChI=1S/C14H20ClNO2/c1-10(11-7-5-6-8-12(11)15)16-9-14(2,3)13(17)18-4/h5-8,10,16H,9H2,1-4H3/t10-/m1/s1. The minimum atomic E-state index is -0.551. The van der Waals surface area contributed by atoms with Gasteiger partial charge in [-0.25, -0.2) is 0 Å². The molecule has 0 spiro atoms. The molecular formula is C14H20ClNO2. The van der Waals surface area contributed by atoms with Crippen molar-refractivity contribution in [3.05, 3.63) is 34.9 Å². The predicted octanol–water partition coefficient (Wildman–Crippen LogP) is 3.19. The summed E-state index contributed by atoms with van der Waals surface area (Å²) < 4.78 is 4.77. The van der Waals surface area contributed by atoms with Crippen molar-refractivity contribution in [3.63, 3.8) is 0 Å². The second-order valence-corrected chi connectivity index (χ2v) is 5.41. The number of rotatable bonds is 5. The van der Waals surface area contributed by atoms with E-state index in [-0.39, 0.29) is 12.0 Å². The van der Waals surface area contributed by atoms with Gasteiger partial charge in [0.2, 0.25) is 0 Å². The fraction of sp³-hybridized carbons (Fsp3) is 0.500. The summed E-state index contributed by atoms with van der Waals surface area (Å²) in [4.78, 5) is 11.6. The van der Waals surface area contributed by atoms with Gasteiger partial charge in [0.15, 0.2) is 0 Å². The van der Waals surface area contributed by atoms with Gasteiger partial charge in [-0.2, -0.15) is 0 Å². The smallest absolute Gasteiger partial charge is 0.312 e. The van der Waals surface area contributed by atoms with Gasteiger partial charge in [-0.05, 0) is 32.4 Å². The molecule has 1 rings (SSSR count). The fourth-order valence-corrected chi connectivity index (χ4v) is 1.99. The highest BCUT2D eigenvalue weighted by Crippen LogP contribution is 2.23. The summed E-state index contributed by atoms with van der Waals surface area (Å²) in [5, 5.41) is 4.04. The lowest BCUT2D eigenvalue weighted by Gasteiger charge is -2.25. The first-order chi connectivity index (χ1) is 8.38. The van der Waals surface area contributed by atoms with E-state index >= 15 is 0 Å². The molecule has 1 N–H and O–H groups in total. The van der Waals surface area contributed by atoms with Crippen LogP contribution >= 0.6 is 11.6 Å². The Labute approximate surface area is 113 Å². The minimum Gasteiger partial charge on any atom is -0.469 e. The van der Waals surface area contributed by atoms with E-state index < -0.39 is 5.41 Å². The summed E-state index contributed by atoms with van der Waals surface area (Å²) in [6.07, 6.45) is 0. The molecule has 4 heteroatoms. The number of hydrogen-bond acceptors (Lipinski definition) is 3. The number of carbonyl (C=O) groups excluding carboxylic acids is 1. The molecule has 0 aliphatic rings. The molecule has 0 radical (unpaired) electrons. The highest BCUT2D eigenvalue weighted by atomic mass is 35.5. The number of ether oxygens (including phenoxy) is 1. The molecule has 0 bridgehead atoms. The molecular weight excluding hydrogens is 250 g/mol. The molecule has 0 aliphatic carbocycles. The zero-order valence-electron chi connectivity index (χ0n) is 11.3. The van der Waals surface area contributed by atoms with Crippen molar-refractivity contribution >= 4 is 17.6 Å². The van der Waals surface area contributed by atoms with Crippen LogP contribution in [0, 0.1) is 5.41 Å². The number of nitrogens with one attached hydrogen (secondary N) is 1. The molecule has 1 atom stereocenters. The van der Waals surface area contributed by atoms with Crippen LogP contribution in [0.3, 0.4) is 0 Å². The Kier molecular flexibility index (Phi) is 5.17. The monoisotopic (exact) mass is 269 g/mol. The van der Waals surface area contributed by atoms with Crippen molar-refractivity contribution in [2.45, 2.75) is 26.8 Å². The Balaban J connectivity index is 2.64. The molecule has 1 aromatic carbocycles. The summed E-state index contributed by atoms with van der Waals surface area (Å²) in [5.41, 5.74) is 0.476. The van der Waals surface area contributed by atoms with Gasteiger partial charge < -0.3 is 10.1 Å². The van der Waals surface area contributed by atoms with E-state index in [0.717, 1.165) is 10.6 Å². The van der Waals surface area contributed by atoms with E-state index in [9.17, 15) is 4.79 Å². The molecule has 0 unspecified atom stereocenters. The van der Waals surface area contributed by atoms with Gasteiger partial charge in [-0.15, -0.1) is 0 Å². The van der Waals surface area contributed by atoms with Gasteiger partial charge in [0.25, 0.3) is 0 Å². The number of methoxy groups -OCH3 is 1. The zero-order chi connectivity index (χ0) is 13.8. The molecule has 0 saturated heterocycles. The van der Waals surface area contributed by atoms with E-state index in [0.29, 0.717) is 6.54 Å². The van der Waals surface area contributed by atoms with Crippen LogP contribution in [0.15, 0.2) is 24.3 Å². The largest absolute Gasteiger partial charge is 0.469 e. The van der Waals surface area contributed by atoms with Crippen molar-refractivity contribution in [1.29, 1.82) is 0 Å². The van der Waals surface area contributed by atoms with E-state index in [1.807, 2.05) is 45.0 Å². The van der Waals surface area contributed by atoms with Crippen LogP contribution in [0.25, 0.3) is 0 Å². The molecule has 0 heterocycles. The Morgan fingerprint density at radius 3 is 2.61 bits per heavy atom. The number of hydrogen-bond donors (Lipinski definition) is 1. The Bertz CT molecular complexity index is 418. The van der Waals surface area contributed by atoms with E-state index in [4.69, 9.17) is 16.3 Å². The van der Waals surface area contributed by atoms with Crippen molar-refractivity contribution in [2.75, 3.05) is 13.7 Å². The summed E-state index contributed by atoms with van der Waals surface area (Å²) in [6.45, 7) is 6.26. The topological polar surface area (TPSA) is 38.3 Å². The van der Waals surface area contributed by atoms with Gasteiger partial charge in [0, 0.05) is 17.6 Å². The first-order valence-corrected chi connectivity index (χ1v) is 6.32. The number of benzene rings is 1. The van der Waals surface area contributed by atoms with Crippen molar-refractivity contribution in [2.24, 2.45) is 5.41 Å². The predicted molar refractivity (Wildman–Crippen MR) is 73.7 cm³/mol. The van der Waals surface area contributed by atoms with Gasteiger partial charge in [0.1, 0.15) is 0 Å². The van der Waals surface area contributed by atoms with Crippen molar-refractivity contribution < 1.29 is 9.53 Å². The molecule has 3 nitrogen and oxygen atoms in total. The van der Waals surface area contributed by atoms with Crippen LogP contribution in [0.5, 0.6) is 0 Å². The van der Waals surface area contributed by atoms with Crippen LogP contribution in [0.4, 0.5) is 0 Å². The van der Waals surface area contributed by atoms with Crippen molar-refractivity contribution in [3.8, 4) is 0 Å². The van der Waals surface area contributed by atoms with Crippen LogP contribution in [0.2, 0.25) is 5.02 Å². The summed E-state index contributed by atoms with van der Waals surface area (Å²) >= 11 is 6.13. The fourth-order valence-electron chi connectivity index (χ4n) is 1.69. The minimum absolute atomic E-state index is 0.0858. The van der Waals surface area contributed by atoms with E-state index in [1.165, 1.54) is 7.11 Å². The summed E-state index contributed by atoms with van der Waals surface area (Å²) in [5.74, 6) is -0.221. The molecule has 100 valence electrons. The summed E-state index contributed by atoms with van der Waals surface area (Å²) in [6, 6.07) is 7.77. The highest BCUT2D eigenvalue weighted by Gasteiger charge is 2.29. The molecule has 0 aliphatic heterocycles. The lowest BCUT2D eigenvalue weighted by molar-refractivity contribution is -0.150. The van der Waals surface area contributed by atoms with E-state index in [2.05, 4.69) is 5.32 Å². The maximum Gasteiger partial charge on any atom is 0.312 e. The number of carbonyl (C=O) groups is 1. The van der Waals surface area contributed by atoms with Gasteiger partial charge in [-0.3, -0.25) is 4.79 Å². The average Bonchev–Trinajstić information content (AvgIpc) is 2.35. The average molecular weight is 270 g/mol. The maximum atomic E-state index is 11.6. The van der Waals surface area contributed by atoms with Crippen molar-refractivity contribution in [1.82, 2.24) is 5.32 Å². The summed E-state index contributed by atoms with van der Waals surface area (Å²) in [7, 11) is 1.40. The molecule has 0 amide bonds. The second-order valence-electron chi connectivity index (χ2n) is 5.00. The molecule has 0 fully saturated rings. The van der Waals surface area contributed by atoms with Crippen LogP contribution in [-0.4, -0.2) is 19.6 Å². The molecule has 0 aromatic heterocycles. The van der Waals surface area contributed by atoms with Gasteiger partial charge in [0.05, 0.1) is 12.5 Å². The first kappa shape index (κ1) is 15.0. The molecule has 0 saturated carbocycles. The lowest BCUT2D eigenvalue weighted by atomic mass is 9.93. The molecule has 18 heavy (non-hydrogen) atoms. The van der Waals surface area contributed by atoms with Crippen LogP contribution in [-0.2, 0) is 9.53 Å². The highest BCUT2D eigenvalue weighted by molar-refractivity contribution is 6.31. The van der Waals surface area contributed by atoms with Gasteiger partial charge in [-0.1, -0.05) is 29.8 Å². The lowest BCUT2D eigenvalue weighted by Crippen LogP contribution is -2.38. The number of esters is 1. The van der Waals surface area contributed by atoms with Crippen LogP contribution < -0.4 is 5.32 Å². The maximum absolute atomic E-state index is 11.6. The Morgan fingerprint density at radius 1 is 1.44 bits per heavy atom. The third kappa shape index (κ3) is 3.72. The Morgan fingerprint density at radius 2 is 2.06 bits per heavy atom. The van der Waals surface area contributed by atoms with Gasteiger partial charge >= 0.3 is 5.97 Å². The quantitative estimate of drug-likeness (QED) is 0.835. The number of halogens is 1. The first-order valence-electron chi connectivity index (χ1n) is 5.94. The van der Waals surface area contributed by atoms with E-state index in [1.54, 1.807) is 0 Å². The zero-order valence-corrected chi connectivity index (χ0v) is 12.0. The SMILES string of the molecule is COC(=O)C(C)(C)CN[C@H](C)c1ccccc1Cl. The molecule has 1 aromatic rings. The van der Waals surface area contributed by atoms with Crippen LogP contribution in [0.1, 0.15) is 32.4 Å². The second kappa shape index (κ2) is 6.21. The normalized spacial score (nSPS) is 13.2. The third-order valence-electron chi connectivity index (χ3n) is 2.96.